The van der Waals surface area contributed by atoms with E-state index in [2.05, 4.69) is 15.3 Å². The number of rotatable bonds is 5. The van der Waals surface area contributed by atoms with Crippen LogP contribution >= 0.6 is 22.7 Å². The van der Waals surface area contributed by atoms with Crippen molar-refractivity contribution in [3.63, 3.8) is 0 Å². The molecule has 11 heteroatoms. The molecule has 0 aliphatic rings. The van der Waals surface area contributed by atoms with Crippen molar-refractivity contribution < 1.29 is 18.0 Å². The molecule has 0 radical (unpaired) electrons. The molecule has 8 nitrogen and oxygen atoms in total. The minimum atomic E-state index is -3.94. The zero-order chi connectivity index (χ0) is 19.6. The lowest BCUT2D eigenvalue weighted by Gasteiger charge is -2.02. The molecule has 0 spiro atoms. The summed E-state index contributed by atoms with van der Waals surface area (Å²) in [4.78, 5) is 32.1. The topological polar surface area (TPSA) is 110 Å². The van der Waals surface area contributed by atoms with Gasteiger partial charge < -0.3 is 9.88 Å². The molecule has 0 saturated carbocycles. The first-order valence-corrected chi connectivity index (χ1v) is 11.3. The lowest BCUT2D eigenvalue weighted by atomic mass is 10.2. The number of benzene rings is 1. The number of carbonyl (C=O) groups is 2. The fourth-order valence-electron chi connectivity index (χ4n) is 2.37. The summed E-state index contributed by atoms with van der Waals surface area (Å²) < 4.78 is 26.9. The zero-order valence-electron chi connectivity index (χ0n) is 14.5. The second kappa shape index (κ2) is 7.71. The van der Waals surface area contributed by atoms with E-state index in [1.165, 1.54) is 28.9 Å². The van der Waals surface area contributed by atoms with Crippen LogP contribution in [0.4, 0.5) is 5.13 Å². The summed E-state index contributed by atoms with van der Waals surface area (Å²) in [7, 11) is -2.18. The van der Waals surface area contributed by atoms with Gasteiger partial charge in [0.15, 0.2) is 19.8 Å². The maximum atomic E-state index is 12.1. The standard InChI is InChI=1S/C16H16N4O4S3/c1-10-3-4-11-12(7-10)26-16(20(11)2)19-14(22)9-27(23,24)8-13(21)18-15-17-5-6-25-15/h3-7H,8-9H2,1-2H3,(H,17,18,21). The Kier molecular flexibility index (Phi) is 5.53. The average molecular weight is 425 g/mol. The van der Waals surface area contributed by atoms with Crippen LogP contribution in [0.25, 0.3) is 10.2 Å². The normalized spacial score (nSPS) is 12.4. The molecule has 2 heterocycles. The van der Waals surface area contributed by atoms with Crippen molar-refractivity contribution in [1.82, 2.24) is 9.55 Å². The minimum absolute atomic E-state index is 0.304. The first kappa shape index (κ1) is 19.4. The Hall–Kier alpha value is -2.37. The molecule has 2 aromatic heterocycles. The van der Waals surface area contributed by atoms with Crippen molar-refractivity contribution in [1.29, 1.82) is 0 Å². The van der Waals surface area contributed by atoms with Crippen LogP contribution in [0, 0.1) is 6.92 Å². The largest absolute Gasteiger partial charge is 0.319 e. The third-order valence-corrected chi connectivity index (χ3v) is 6.73. The monoisotopic (exact) mass is 424 g/mol. The molecular formula is C16H16N4O4S3. The van der Waals surface area contributed by atoms with Gasteiger partial charge in [-0.15, -0.1) is 11.3 Å². The van der Waals surface area contributed by atoms with Crippen LogP contribution in [-0.4, -0.2) is 41.3 Å². The van der Waals surface area contributed by atoms with Crippen molar-refractivity contribution in [2.75, 3.05) is 16.8 Å². The van der Waals surface area contributed by atoms with Crippen molar-refractivity contribution in [3.05, 3.63) is 40.1 Å². The molecule has 0 atom stereocenters. The van der Waals surface area contributed by atoms with Gasteiger partial charge in [-0.2, -0.15) is 4.99 Å². The van der Waals surface area contributed by atoms with Crippen LogP contribution in [0.3, 0.4) is 0 Å². The Labute approximate surface area is 163 Å². The van der Waals surface area contributed by atoms with Crippen molar-refractivity contribution in [3.8, 4) is 0 Å². The van der Waals surface area contributed by atoms with Crippen molar-refractivity contribution in [2.45, 2.75) is 6.92 Å². The zero-order valence-corrected chi connectivity index (χ0v) is 16.9. The van der Waals surface area contributed by atoms with Crippen LogP contribution in [0.1, 0.15) is 5.56 Å². The van der Waals surface area contributed by atoms with Gasteiger partial charge in [0.05, 0.1) is 10.2 Å². The first-order valence-electron chi connectivity index (χ1n) is 7.77. The van der Waals surface area contributed by atoms with Gasteiger partial charge in [0, 0.05) is 18.6 Å². The van der Waals surface area contributed by atoms with Crippen molar-refractivity contribution in [2.24, 2.45) is 12.0 Å². The second-order valence-corrected chi connectivity index (χ2v) is 9.81. The van der Waals surface area contributed by atoms with Gasteiger partial charge in [-0.3, -0.25) is 9.59 Å². The van der Waals surface area contributed by atoms with E-state index in [4.69, 9.17) is 0 Å². The fourth-order valence-corrected chi connectivity index (χ4v) is 5.06. The highest BCUT2D eigenvalue weighted by Gasteiger charge is 2.21. The molecule has 0 fully saturated rings. The predicted octanol–water partition coefficient (Wildman–Crippen LogP) is 1.49. The lowest BCUT2D eigenvalue weighted by Crippen LogP contribution is -2.28. The van der Waals surface area contributed by atoms with Crippen molar-refractivity contribution >= 4 is 59.7 Å². The van der Waals surface area contributed by atoms with E-state index in [0.29, 0.717) is 9.93 Å². The summed E-state index contributed by atoms with van der Waals surface area (Å²) in [5, 5.41) is 4.33. The predicted molar refractivity (Wildman–Crippen MR) is 106 cm³/mol. The van der Waals surface area contributed by atoms with Gasteiger partial charge in [-0.05, 0) is 24.6 Å². The number of aryl methyl sites for hydroxylation is 2. The van der Waals surface area contributed by atoms with Crippen LogP contribution in [0.5, 0.6) is 0 Å². The van der Waals surface area contributed by atoms with E-state index in [-0.39, 0.29) is 0 Å². The molecule has 0 saturated heterocycles. The molecule has 1 N–H and O–H groups in total. The number of sulfone groups is 1. The van der Waals surface area contributed by atoms with E-state index in [9.17, 15) is 18.0 Å². The van der Waals surface area contributed by atoms with E-state index in [1.54, 1.807) is 17.0 Å². The molecule has 3 rings (SSSR count). The fraction of sp³-hybridized carbons (Fsp3) is 0.250. The maximum Gasteiger partial charge on any atom is 0.263 e. The number of fused-ring (bicyclic) bond motifs is 1. The maximum absolute atomic E-state index is 12.1. The Bertz CT molecular complexity index is 1170. The molecule has 1 aromatic carbocycles. The summed E-state index contributed by atoms with van der Waals surface area (Å²) in [6.45, 7) is 1.96. The lowest BCUT2D eigenvalue weighted by molar-refractivity contribution is -0.115. The van der Waals surface area contributed by atoms with Crippen LogP contribution < -0.4 is 10.1 Å². The van der Waals surface area contributed by atoms with Gasteiger partial charge in [-0.1, -0.05) is 17.4 Å². The number of carbonyl (C=O) groups excluding carboxylic acids is 2. The summed E-state index contributed by atoms with van der Waals surface area (Å²) in [5.74, 6) is -3.17. The van der Waals surface area contributed by atoms with Crippen LogP contribution in [0.2, 0.25) is 0 Å². The molecule has 0 aliphatic carbocycles. The number of nitrogens with one attached hydrogen (secondary N) is 1. The van der Waals surface area contributed by atoms with E-state index < -0.39 is 33.2 Å². The molecule has 27 heavy (non-hydrogen) atoms. The Morgan fingerprint density at radius 3 is 2.78 bits per heavy atom. The first-order chi connectivity index (χ1) is 12.7. The number of anilines is 1. The highest BCUT2D eigenvalue weighted by Crippen LogP contribution is 2.17. The Balaban J connectivity index is 1.73. The summed E-state index contributed by atoms with van der Waals surface area (Å²) in [6.07, 6.45) is 1.49. The Morgan fingerprint density at radius 2 is 2.07 bits per heavy atom. The third kappa shape index (κ3) is 4.87. The summed E-state index contributed by atoms with van der Waals surface area (Å²) >= 11 is 2.48. The van der Waals surface area contributed by atoms with Gasteiger partial charge in [0.1, 0.15) is 11.5 Å². The number of amides is 2. The number of hydrogen-bond donors (Lipinski definition) is 1. The van der Waals surface area contributed by atoms with Gasteiger partial charge in [0.2, 0.25) is 5.91 Å². The highest BCUT2D eigenvalue weighted by molar-refractivity contribution is 7.92. The van der Waals surface area contributed by atoms with E-state index >= 15 is 0 Å². The molecule has 2 amide bonds. The molecule has 0 aliphatic heterocycles. The summed E-state index contributed by atoms with van der Waals surface area (Å²) in [6, 6.07) is 5.85. The average Bonchev–Trinajstić information content (AvgIpc) is 3.14. The van der Waals surface area contributed by atoms with Gasteiger partial charge in [0.25, 0.3) is 5.91 Å². The number of hydrogen-bond acceptors (Lipinski definition) is 7. The second-order valence-electron chi connectivity index (χ2n) is 5.84. The highest BCUT2D eigenvalue weighted by atomic mass is 32.2. The molecule has 0 bridgehead atoms. The van der Waals surface area contributed by atoms with E-state index in [1.807, 2.05) is 25.1 Å². The van der Waals surface area contributed by atoms with Crippen LogP contribution in [0.15, 0.2) is 34.8 Å². The molecule has 142 valence electrons. The minimum Gasteiger partial charge on any atom is -0.319 e. The molecular weight excluding hydrogens is 408 g/mol. The quantitative estimate of drug-likeness (QED) is 0.667. The van der Waals surface area contributed by atoms with Crippen LogP contribution in [-0.2, 0) is 26.5 Å². The van der Waals surface area contributed by atoms with Gasteiger partial charge in [-0.25, -0.2) is 13.4 Å². The molecule has 3 aromatic rings. The number of aromatic nitrogens is 2. The SMILES string of the molecule is Cc1ccc2c(c1)sc(=NC(=O)CS(=O)(=O)CC(=O)Nc1nccs1)n2C. The van der Waals surface area contributed by atoms with Gasteiger partial charge >= 0.3 is 0 Å². The number of thiazole rings is 2. The Morgan fingerprint density at radius 1 is 1.30 bits per heavy atom. The number of nitrogens with zero attached hydrogens (tertiary/aromatic N) is 3. The molecule has 0 unspecified atom stereocenters. The summed E-state index contributed by atoms with van der Waals surface area (Å²) in [5.41, 5.74) is 1.99. The van der Waals surface area contributed by atoms with E-state index in [0.717, 1.165) is 15.8 Å². The smallest absolute Gasteiger partial charge is 0.263 e. The third-order valence-electron chi connectivity index (χ3n) is 3.56.